The van der Waals surface area contributed by atoms with E-state index in [9.17, 15) is 18.6 Å². The molecular formula is C26H37F2N5NaO6P. The number of phosphoric acid groups is 1. The van der Waals surface area contributed by atoms with Gasteiger partial charge in [-0.25, -0.2) is 23.0 Å². The zero-order valence-electron chi connectivity index (χ0n) is 24.5. The van der Waals surface area contributed by atoms with Crippen LogP contribution in [0.5, 0.6) is 0 Å². The third-order valence-electron chi connectivity index (χ3n) is 6.16. The van der Waals surface area contributed by atoms with E-state index in [1.807, 2.05) is 0 Å². The van der Waals surface area contributed by atoms with E-state index in [0.29, 0.717) is 12.5 Å². The van der Waals surface area contributed by atoms with E-state index < -0.39 is 37.6 Å². The molecule has 2 unspecified atom stereocenters. The van der Waals surface area contributed by atoms with Crippen LogP contribution in [-0.4, -0.2) is 48.6 Å². The molecule has 0 saturated heterocycles. The summed E-state index contributed by atoms with van der Waals surface area (Å²) in [6, 6.07) is 4.38. The summed E-state index contributed by atoms with van der Waals surface area (Å²) in [6.07, 6.45) is 13.2. The molecule has 3 rings (SSSR count). The molecule has 2 heterocycles. The van der Waals surface area contributed by atoms with Gasteiger partial charge in [0.2, 0.25) is 0 Å². The van der Waals surface area contributed by atoms with Crippen LogP contribution in [0.25, 0.3) is 0 Å². The molecule has 2 atom stereocenters. The second-order valence-electron chi connectivity index (χ2n) is 9.40. The molecular weight excluding hydrogens is 570 g/mol. The van der Waals surface area contributed by atoms with Crippen molar-refractivity contribution in [3.63, 3.8) is 0 Å². The van der Waals surface area contributed by atoms with Crippen molar-refractivity contribution in [2.24, 2.45) is 0 Å². The maximum atomic E-state index is 15.1. The van der Waals surface area contributed by atoms with Crippen molar-refractivity contribution in [1.29, 1.82) is 0 Å². The Balaban J connectivity index is 0.00000441. The van der Waals surface area contributed by atoms with E-state index in [4.69, 9.17) is 13.8 Å². The largest absolute Gasteiger partial charge is 1.00 e. The molecule has 41 heavy (non-hydrogen) atoms. The Morgan fingerprint density at radius 2 is 1.80 bits per heavy atom. The van der Waals surface area contributed by atoms with Crippen molar-refractivity contribution < 1.29 is 67.8 Å². The Morgan fingerprint density at radius 1 is 1.07 bits per heavy atom. The first-order chi connectivity index (χ1) is 19.2. The number of esters is 1. The fraction of sp³-hybridized carbons (Fsp3) is 0.538. The van der Waals surface area contributed by atoms with Crippen LogP contribution >= 0.6 is 7.82 Å². The molecule has 0 saturated carbocycles. The van der Waals surface area contributed by atoms with E-state index in [1.165, 1.54) is 47.5 Å². The maximum absolute atomic E-state index is 15.1. The van der Waals surface area contributed by atoms with Gasteiger partial charge in [0.25, 0.3) is 0 Å². The van der Waals surface area contributed by atoms with E-state index in [-0.39, 0.29) is 62.7 Å². The molecule has 0 radical (unpaired) electrons. The normalized spacial score (nSPS) is 14.1. The van der Waals surface area contributed by atoms with Crippen molar-refractivity contribution in [3.05, 3.63) is 66.5 Å². The van der Waals surface area contributed by atoms with E-state index >= 15 is 4.39 Å². The van der Waals surface area contributed by atoms with Crippen LogP contribution in [0.4, 0.5) is 8.78 Å². The van der Waals surface area contributed by atoms with Gasteiger partial charge in [-0.15, -0.1) is 0 Å². The van der Waals surface area contributed by atoms with Crippen molar-refractivity contribution in [2.45, 2.75) is 77.0 Å². The van der Waals surface area contributed by atoms with Crippen molar-refractivity contribution >= 4 is 13.8 Å². The number of halogens is 2. The number of nitrogens with zero attached hydrogens (tertiary/aromatic N) is 5. The minimum atomic E-state index is -4.90. The number of hydrogen-bond donors (Lipinski definition) is 1. The van der Waals surface area contributed by atoms with Gasteiger partial charge in [-0.3, -0.25) is 18.5 Å². The van der Waals surface area contributed by atoms with E-state index in [1.54, 1.807) is 12.3 Å². The monoisotopic (exact) mass is 607 g/mol. The van der Waals surface area contributed by atoms with Crippen molar-refractivity contribution in [1.82, 2.24) is 24.5 Å². The van der Waals surface area contributed by atoms with Gasteiger partial charge in [0.1, 0.15) is 36.5 Å². The van der Waals surface area contributed by atoms with Gasteiger partial charge in [0, 0.05) is 30.4 Å². The number of aromatic nitrogens is 5. The number of ether oxygens (including phenoxy) is 1. The summed E-state index contributed by atoms with van der Waals surface area (Å²) in [4.78, 5) is 26.5. The first-order valence-electron chi connectivity index (χ1n) is 13.3. The van der Waals surface area contributed by atoms with Crippen LogP contribution in [-0.2, 0) is 41.8 Å². The molecule has 11 nitrogen and oxygen atoms in total. The number of benzene rings is 1. The molecule has 1 aromatic carbocycles. The summed E-state index contributed by atoms with van der Waals surface area (Å²) in [5.41, 5.74) is -2.16. The van der Waals surface area contributed by atoms with Crippen LogP contribution in [0.1, 0.15) is 65.3 Å². The number of unbranched alkanes of at least 4 members (excludes halogenated alkanes) is 6. The van der Waals surface area contributed by atoms with E-state index in [2.05, 4.69) is 22.1 Å². The zero-order valence-corrected chi connectivity index (χ0v) is 26.4. The van der Waals surface area contributed by atoms with Crippen molar-refractivity contribution in [2.75, 3.05) is 13.2 Å². The topological polar surface area (TPSA) is 131 Å². The average molecular weight is 608 g/mol. The maximum Gasteiger partial charge on any atom is 1.00 e. The molecule has 0 spiro atoms. The molecule has 3 aromatic rings. The second-order valence-corrected chi connectivity index (χ2v) is 10.8. The van der Waals surface area contributed by atoms with Crippen LogP contribution in [0.2, 0.25) is 0 Å². The molecule has 222 valence electrons. The summed E-state index contributed by atoms with van der Waals surface area (Å²) >= 11 is 0. The predicted octanol–water partition coefficient (Wildman–Crippen LogP) is 2.28. The second kappa shape index (κ2) is 17.8. The summed E-state index contributed by atoms with van der Waals surface area (Å²) in [7, 11) is -4.90. The smallest absolute Gasteiger partial charge is 1.00 e. The Bertz CT molecular complexity index is 1190. The minimum Gasteiger partial charge on any atom is -1.00 e. The molecule has 1 N–H and O–H groups in total. The van der Waals surface area contributed by atoms with Gasteiger partial charge >= 0.3 is 43.3 Å². The predicted molar refractivity (Wildman–Crippen MR) is 142 cm³/mol. The number of hydrogen-bond acceptors (Lipinski definition) is 8. The van der Waals surface area contributed by atoms with Crippen molar-refractivity contribution in [3.8, 4) is 0 Å². The Hall–Kier alpha value is -1.99. The molecule has 0 amide bonds. The molecule has 0 aliphatic rings. The molecule has 15 heteroatoms. The summed E-state index contributed by atoms with van der Waals surface area (Å²) in [5.74, 6) is -2.28. The molecule has 0 aliphatic heterocycles. The summed E-state index contributed by atoms with van der Waals surface area (Å²) in [5, 5.41) is 8.11. The SMILES string of the molecule is CCCCCCCCCC(=O)OCCOP(=O)(O)OC(Cn1cccn1)(Cn1cncn1)c1ccc(F)cc1F.[H-].[Na+]. The van der Waals surface area contributed by atoms with Gasteiger partial charge < -0.3 is 11.1 Å². The van der Waals surface area contributed by atoms with E-state index in [0.717, 1.165) is 31.4 Å². The number of carbonyl (C=O) groups excluding carboxylic acids is 1. The van der Waals surface area contributed by atoms with Gasteiger partial charge in [-0.05, 0) is 18.6 Å². The summed E-state index contributed by atoms with van der Waals surface area (Å²) < 4.78 is 60.5. The Kier molecular flexibility index (Phi) is 15.3. The van der Waals surface area contributed by atoms with Crippen LogP contribution in [0.3, 0.4) is 0 Å². The van der Waals surface area contributed by atoms with Gasteiger partial charge in [0.15, 0.2) is 0 Å². The zero-order chi connectivity index (χ0) is 28.8. The fourth-order valence-electron chi connectivity index (χ4n) is 4.27. The third-order valence-corrected chi connectivity index (χ3v) is 7.25. The number of carbonyl (C=O) groups is 1. The summed E-state index contributed by atoms with van der Waals surface area (Å²) in [6.45, 7) is 0.886. The van der Waals surface area contributed by atoms with Gasteiger partial charge in [0.05, 0.1) is 19.7 Å². The molecule has 0 bridgehead atoms. The van der Waals surface area contributed by atoms with Crippen LogP contribution in [0, 0.1) is 11.6 Å². The molecule has 2 aromatic heterocycles. The number of rotatable bonds is 19. The average Bonchev–Trinajstić information content (AvgIpc) is 3.60. The Morgan fingerprint density at radius 3 is 2.46 bits per heavy atom. The van der Waals surface area contributed by atoms with Crippen LogP contribution in [0.15, 0.2) is 49.3 Å². The molecule has 0 aliphatic carbocycles. The quantitative estimate of drug-likeness (QED) is 0.0944. The molecule has 0 fully saturated rings. The minimum absolute atomic E-state index is 0. The Labute approximate surface area is 262 Å². The van der Waals surface area contributed by atoms with Gasteiger partial charge in [-0.2, -0.15) is 10.2 Å². The van der Waals surface area contributed by atoms with Gasteiger partial charge in [-0.1, -0.05) is 51.5 Å². The fourth-order valence-corrected chi connectivity index (χ4v) is 5.29. The third kappa shape index (κ3) is 12.0. The first-order valence-corrected chi connectivity index (χ1v) is 14.8. The number of phosphoric ester groups is 1. The van der Waals surface area contributed by atoms with Crippen LogP contribution < -0.4 is 29.6 Å². The standard InChI is InChI=1S/C26H36F2N5O6P.Na.H/c1-2-3-4-5-6-7-8-10-25(34)37-15-16-38-40(35,36)39-26(18-32-14-9-13-30-32,19-33-21-29-20-31-33)23-12-11-22(27)17-24(23)28;;/h9,11-14,17,20-21H,2-8,10,15-16,18-19H2,1H3,(H,35,36);;/q;+1;-1. The first kappa shape index (κ1) is 35.2.